The number of hydrazine groups is 1. The van der Waals surface area contributed by atoms with Gasteiger partial charge in [-0.05, 0) is 12.1 Å². The van der Waals surface area contributed by atoms with Gasteiger partial charge in [0.15, 0.2) is 0 Å². The van der Waals surface area contributed by atoms with Gasteiger partial charge in [-0.2, -0.15) is 0 Å². The largest absolute Gasteiger partial charge is 0.397 e. The third-order valence-corrected chi connectivity index (χ3v) is 1.34. The van der Waals surface area contributed by atoms with E-state index in [2.05, 4.69) is 10.4 Å². The predicted molar refractivity (Wildman–Crippen MR) is 49.8 cm³/mol. The van der Waals surface area contributed by atoms with Gasteiger partial charge < -0.3 is 5.73 Å². The molecule has 0 aliphatic rings. The minimum Gasteiger partial charge on any atom is -0.397 e. The van der Waals surface area contributed by atoms with Crippen LogP contribution >= 0.6 is 0 Å². The van der Waals surface area contributed by atoms with Crippen molar-refractivity contribution in [3.8, 4) is 0 Å². The Morgan fingerprint density at radius 2 is 2.23 bits per heavy atom. The second kappa shape index (κ2) is 3.86. The highest BCUT2D eigenvalue weighted by molar-refractivity contribution is 5.91. The Balaban J connectivity index is 2.72. The van der Waals surface area contributed by atoms with Gasteiger partial charge in [-0.3, -0.25) is 10.2 Å². The highest BCUT2D eigenvalue weighted by Gasteiger charge is 2.06. The third kappa shape index (κ3) is 2.72. The van der Waals surface area contributed by atoms with Gasteiger partial charge in [0.1, 0.15) is 5.69 Å². The van der Waals surface area contributed by atoms with E-state index in [1.807, 2.05) is 0 Å². The second-order valence-electron chi connectivity index (χ2n) is 2.81. The number of hydrogen-bond acceptors (Lipinski definition) is 4. The first-order valence-electron chi connectivity index (χ1n) is 3.79. The molecule has 0 fully saturated rings. The number of amides is 1. The zero-order chi connectivity index (χ0) is 9.84. The topological polar surface area (TPSA) is 71.2 Å². The molecule has 5 heteroatoms. The van der Waals surface area contributed by atoms with Gasteiger partial charge in [0.2, 0.25) is 0 Å². The van der Waals surface area contributed by atoms with Crippen LogP contribution in [0.5, 0.6) is 0 Å². The van der Waals surface area contributed by atoms with Crippen LogP contribution in [-0.4, -0.2) is 30.0 Å². The lowest BCUT2D eigenvalue weighted by molar-refractivity contribution is 0.0851. The van der Waals surface area contributed by atoms with Crippen LogP contribution in [0.4, 0.5) is 5.69 Å². The Hall–Kier alpha value is -1.62. The maximum atomic E-state index is 11.3. The molecule has 1 rings (SSSR count). The number of nitrogens with two attached hydrogens (primary N) is 1. The molecule has 0 aliphatic heterocycles. The van der Waals surface area contributed by atoms with E-state index in [1.165, 1.54) is 6.20 Å². The molecule has 1 aromatic rings. The Labute approximate surface area is 76.5 Å². The van der Waals surface area contributed by atoms with Crippen molar-refractivity contribution in [2.45, 2.75) is 0 Å². The average molecular weight is 180 g/mol. The number of aromatic nitrogens is 1. The van der Waals surface area contributed by atoms with E-state index in [4.69, 9.17) is 5.73 Å². The van der Waals surface area contributed by atoms with Gasteiger partial charge in [0, 0.05) is 14.1 Å². The molecule has 0 saturated heterocycles. The molecule has 0 radical (unpaired) electrons. The smallest absolute Gasteiger partial charge is 0.284 e. The first-order chi connectivity index (χ1) is 6.09. The normalized spacial score (nSPS) is 10.1. The van der Waals surface area contributed by atoms with Crippen LogP contribution in [0.25, 0.3) is 0 Å². The fraction of sp³-hybridized carbons (Fsp3) is 0.250. The molecule has 70 valence electrons. The molecule has 0 aliphatic carbocycles. The number of carbonyl (C=O) groups is 1. The van der Waals surface area contributed by atoms with Crippen molar-refractivity contribution in [2.24, 2.45) is 0 Å². The summed E-state index contributed by atoms with van der Waals surface area (Å²) in [5.74, 6) is -0.245. The summed E-state index contributed by atoms with van der Waals surface area (Å²) in [7, 11) is 3.46. The zero-order valence-corrected chi connectivity index (χ0v) is 7.61. The highest BCUT2D eigenvalue weighted by atomic mass is 16.2. The molecule has 0 spiro atoms. The van der Waals surface area contributed by atoms with Gasteiger partial charge in [-0.1, -0.05) is 0 Å². The van der Waals surface area contributed by atoms with E-state index in [-0.39, 0.29) is 5.91 Å². The maximum absolute atomic E-state index is 11.3. The summed E-state index contributed by atoms with van der Waals surface area (Å²) in [6, 6.07) is 3.21. The number of nitrogens with zero attached hydrogens (tertiary/aromatic N) is 2. The Morgan fingerprint density at radius 3 is 2.69 bits per heavy atom. The zero-order valence-electron chi connectivity index (χ0n) is 7.61. The fourth-order valence-corrected chi connectivity index (χ4v) is 0.800. The van der Waals surface area contributed by atoms with Gasteiger partial charge in [0.05, 0.1) is 11.9 Å². The number of nitrogen functional groups attached to an aromatic ring is 1. The Morgan fingerprint density at radius 1 is 1.54 bits per heavy atom. The number of pyridine rings is 1. The van der Waals surface area contributed by atoms with E-state index >= 15 is 0 Å². The number of anilines is 1. The van der Waals surface area contributed by atoms with E-state index in [1.54, 1.807) is 31.2 Å². The van der Waals surface area contributed by atoms with E-state index in [0.29, 0.717) is 11.4 Å². The van der Waals surface area contributed by atoms with Crippen molar-refractivity contribution in [1.29, 1.82) is 0 Å². The first kappa shape index (κ1) is 9.47. The molecular weight excluding hydrogens is 168 g/mol. The third-order valence-electron chi connectivity index (χ3n) is 1.34. The van der Waals surface area contributed by atoms with Crippen molar-refractivity contribution in [2.75, 3.05) is 19.8 Å². The number of rotatable bonds is 2. The molecule has 5 nitrogen and oxygen atoms in total. The minimum atomic E-state index is -0.245. The van der Waals surface area contributed by atoms with E-state index < -0.39 is 0 Å². The summed E-state index contributed by atoms with van der Waals surface area (Å²) in [4.78, 5) is 15.2. The molecule has 1 aromatic heterocycles. The van der Waals surface area contributed by atoms with E-state index in [9.17, 15) is 4.79 Å². The second-order valence-corrected chi connectivity index (χ2v) is 2.81. The van der Waals surface area contributed by atoms with Crippen molar-refractivity contribution in [3.63, 3.8) is 0 Å². The monoisotopic (exact) mass is 180 g/mol. The van der Waals surface area contributed by atoms with Crippen LogP contribution in [0.15, 0.2) is 18.3 Å². The number of nitrogens with one attached hydrogen (secondary N) is 1. The SMILES string of the molecule is CN(C)NC(=O)c1ccc(N)cn1. The molecule has 0 saturated carbocycles. The lowest BCUT2D eigenvalue weighted by Crippen LogP contribution is -2.36. The van der Waals surface area contributed by atoms with Gasteiger partial charge in [-0.15, -0.1) is 0 Å². The quantitative estimate of drug-likeness (QED) is 0.622. The molecule has 3 N–H and O–H groups in total. The summed E-state index contributed by atoms with van der Waals surface area (Å²) in [5, 5.41) is 1.56. The molecule has 0 bridgehead atoms. The highest BCUT2D eigenvalue weighted by Crippen LogP contribution is 2.00. The van der Waals surface area contributed by atoms with Gasteiger partial charge in [0.25, 0.3) is 5.91 Å². The molecule has 1 heterocycles. The molecule has 0 unspecified atom stereocenters. The van der Waals surface area contributed by atoms with Crippen molar-refractivity contribution < 1.29 is 4.79 Å². The maximum Gasteiger partial charge on any atom is 0.284 e. The van der Waals surface area contributed by atoms with Crippen molar-refractivity contribution in [3.05, 3.63) is 24.0 Å². The summed E-state index contributed by atoms with van der Waals surface area (Å²) in [6.07, 6.45) is 1.45. The van der Waals surface area contributed by atoms with Crippen LogP contribution in [0.2, 0.25) is 0 Å². The van der Waals surface area contributed by atoms with Crippen molar-refractivity contribution in [1.82, 2.24) is 15.4 Å². The van der Waals surface area contributed by atoms with E-state index in [0.717, 1.165) is 0 Å². The predicted octanol–water partition coefficient (Wildman–Crippen LogP) is -0.130. The average Bonchev–Trinajstić information content (AvgIpc) is 2.04. The lowest BCUT2D eigenvalue weighted by atomic mass is 10.3. The summed E-state index contributed by atoms with van der Waals surface area (Å²) in [6.45, 7) is 0. The molecule has 0 atom stereocenters. The fourth-order valence-electron chi connectivity index (χ4n) is 0.800. The molecule has 13 heavy (non-hydrogen) atoms. The van der Waals surface area contributed by atoms with Crippen LogP contribution in [-0.2, 0) is 0 Å². The first-order valence-corrected chi connectivity index (χ1v) is 3.79. The van der Waals surface area contributed by atoms with Crippen LogP contribution in [0.1, 0.15) is 10.5 Å². The van der Waals surface area contributed by atoms with Crippen LogP contribution in [0.3, 0.4) is 0 Å². The number of carbonyl (C=O) groups excluding carboxylic acids is 1. The van der Waals surface area contributed by atoms with Crippen molar-refractivity contribution >= 4 is 11.6 Å². The molecular formula is C8H12N4O. The van der Waals surface area contributed by atoms with Gasteiger partial charge >= 0.3 is 0 Å². The summed E-state index contributed by atoms with van der Waals surface area (Å²) < 4.78 is 0. The number of hydrogen-bond donors (Lipinski definition) is 2. The summed E-state index contributed by atoms with van der Waals surface area (Å²) in [5.41, 5.74) is 8.89. The summed E-state index contributed by atoms with van der Waals surface area (Å²) >= 11 is 0. The van der Waals surface area contributed by atoms with Crippen LogP contribution in [0, 0.1) is 0 Å². The molecule has 0 aromatic carbocycles. The molecule has 1 amide bonds. The standard InChI is InChI=1S/C8H12N4O/c1-12(2)11-8(13)7-4-3-6(9)5-10-7/h3-5H,9H2,1-2H3,(H,11,13). The van der Waals surface area contributed by atoms with Gasteiger partial charge in [-0.25, -0.2) is 9.99 Å². The Kier molecular flexibility index (Phi) is 2.81. The Bertz CT molecular complexity index is 294. The lowest BCUT2D eigenvalue weighted by Gasteiger charge is -2.10. The minimum absolute atomic E-state index is 0.245. The van der Waals surface area contributed by atoms with Crippen LogP contribution < -0.4 is 11.2 Å².